The maximum absolute atomic E-state index is 6.22. The first-order valence-electron chi connectivity index (χ1n) is 5.78. The molecule has 0 aliphatic carbocycles. The Balaban J connectivity index is 2.56. The molecule has 4 nitrogen and oxygen atoms in total. The van der Waals surface area contributed by atoms with Crippen LogP contribution in [0.5, 0.6) is 0 Å². The minimum absolute atomic E-state index is 0.156. The lowest BCUT2D eigenvalue weighted by Crippen LogP contribution is -2.24. The number of nitrogen functional groups attached to an aromatic ring is 1. The van der Waals surface area contributed by atoms with Gasteiger partial charge in [-0.15, -0.1) is 10.2 Å². The molecule has 2 N–H and O–H groups in total. The summed E-state index contributed by atoms with van der Waals surface area (Å²) < 4.78 is 1.51. The van der Waals surface area contributed by atoms with E-state index in [-0.39, 0.29) is 5.41 Å². The lowest BCUT2D eigenvalue weighted by molar-refractivity contribution is 0.528. The van der Waals surface area contributed by atoms with Gasteiger partial charge in [0.15, 0.2) is 11.6 Å². The minimum atomic E-state index is -0.156. The van der Waals surface area contributed by atoms with Crippen LogP contribution in [0, 0.1) is 6.92 Å². The Bertz CT molecular complexity index is 581. The second-order valence-electron chi connectivity index (χ2n) is 5.45. The molecule has 0 fully saturated rings. The van der Waals surface area contributed by atoms with Crippen LogP contribution in [0.25, 0.3) is 11.4 Å². The molecular formula is C13H17ClN4. The van der Waals surface area contributed by atoms with Crippen molar-refractivity contribution in [3.8, 4) is 11.4 Å². The molecule has 2 aromatic rings. The van der Waals surface area contributed by atoms with E-state index in [9.17, 15) is 0 Å². The first-order valence-corrected chi connectivity index (χ1v) is 6.16. The van der Waals surface area contributed by atoms with E-state index in [1.807, 2.05) is 45.9 Å². The number of hydrogen-bond donors (Lipinski definition) is 1. The highest BCUT2D eigenvalue weighted by Crippen LogP contribution is 2.29. The van der Waals surface area contributed by atoms with Crippen LogP contribution in [0.1, 0.15) is 32.2 Å². The molecule has 0 radical (unpaired) electrons. The molecule has 0 atom stereocenters. The number of hydrogen-bond acceptors (Lipinski definition) is 3. The Kier molecular flexibility index (Phi) is 3.07. The molecule has 96 valence electrons. The summed E-state index contributed by atoms with van der Waals surface area (Å²) in [5.41, 5.74) is 1.74. The Morgan fingerprint density at radius 3 is 2.39 bits per heavy atom. The van der Waals surface area contributed by atoms with Gasteiger partial charge in [0.05, 0.1) is 5.02 Å². The molecule has 5 heteroatoms. The fourth-order valence-electron chi connectivity index (χ4n) is 1.79. The van der Waals surface area contributed by atoms with Gasteiger partial charge in [0.25, 0.3) is 0 Å². The van der Waals surface area contributed by atoms with Crippen molar-refractivity contribution in [3.63, 3.8) is 0 Å². The van der Waals surface area contributed by atoms with E-state index >= 15 is 0 Å². The van der Waals surface area contributed by atoms with Crippen LogP contribution in [0.15, 0.2) is 18.2 Å². The number of aromatic nitrogens is 3. The zero-order chi connectivity index (χ0) is 13.5. The summed E-state index contributed by atoms with van der Waals surface area (Å²) in [6.45, 7) is 8.12. The first-order chi connectivity index (χ1) is 8.30. The van der Waals surface area contributed by atoms with E-state index in [1.54, 1.807) is 0 Å². The third-order valence-corrected chi connectivity index (χ3v) is 3.04. The molecule has 1 aromatic carbocycles. The van der Waals surface area contributed by atoms with Crippen LogP contribution >= 0.6 is 11.6 Å². The molecule has 1 aromatic heterocycles. The van der Waals surface area contributed by atoms with Crippen LogP contribution < -0.4 is 5.84 Å². The fourth-order valence-corrected chi connectivity index (χ4v) is 2.11. The lowest BCUT2D eigenvalue weighted by Gasteiger charge is -2.16. The van der Waals surface area contributed by atoms with Gasteiger partial charge in [-0.25, -0.2) is 4.68 Å². The molecule has 0 saturated carbocycles. The van der Waals surface area contributed by atoms with Crippen molar-refractivity contribution in [3.05, 3.63) is 34.6 Å². The van der Waals surface area contributed by atoms with Crippen molar-refractivity contribution in [2.24, 2.45) is 0 Å². The van der Waals surface area contributed by atoms with Crippen LogP contribution in [0.2, 0.25) is 5.02 Å². The molecule has 0 saturated heterocycles. The molecule has 0 amide bonds. The monoisotopic (exact) mass is 264 g/mol. The molecule has 0 aliphatic rings. The standard InChI is InChI=1S/C13H17ClN4/c1-8-5-6-9(10(14)7-8)11-16-17-12(18(11)15)13(2,3)4/h5-7H,15H2,1-4H3. The second kappa shape index (κ2) is 4.28. The van der Waals surface area contributed by atoms with Gasteiger partial charge in [-0.2, -0.15) is 0 Å². The van der Waals surface area contributed by atoms with Crippen LogP contribution in [0.3, 0.4) is 0 Å². The largest absolute Gasteiger partial charge is 0.336 e. The molecule has 0 unspecified atom stereocenters. The predicted octanol–water partition coefficient (Wildman–Crippen LogP) is 2.92. The van der Waals surface area contributed by atoms with Crippen LogP contribution in [0.4, 0.5) is 0 Å². The van der Waals surface area contributed by atoms with Gasteiger partial charge in [0.2, 0.25) is 0 Å². The Hall–Kier alpha value is -1.55. The van der Waals surface area contributed by atoms with Crippen molar-refractivity contribution >= 4 is 11.6 Å². The molecule has 1 heterocycles. The normalized spacial score (nSPS) is 11.8. The third-order valence-electron chi connectivity index (χ3n) is 2.73. The van der Waals surface area contributed by atoms with E-state index in [2.05, 4.69) is 10.2 Å². The summed E-state index contributed by atoms with van der Waals surface area (Å²) in [6.07, 6.45) is 0. The van der Waals surface area contributed by atoms with Gasteiger partial charge in [-0.3, -0.25) is 0 Å². The first kappa shape index (κ1) is 12.9. The number of halogens is 1. The topological polar surface area (TPSA) is 56.7 Å². The third kappa shape index (κ3) is 2.20. The highest BCUT2D eigenvalue weighted by Gasteiger charge is 2.24. The van der Waals surface area contributed by atoms with Gasteiger partial charge < -0.3 is 5.84 Å². The summed E-state index contributed by atoms with van der Waals surface area (Å²) in [5, 5.41) is 8.94. The van der Waals surface area contributed by atoms with E-state index in [4.69, 9.17) is 17.4 Å². The Morgan fingerprint density at radius 2 is 1.89 bits per heavy atom. The number of nitrogens with zero attached hydrogens (tertiary/aromatic N) is 3. The van der Waals surface area contributed by atoms with Gasteiger partial charge in [-0.05, 0) is 24.6 Å². The zero-order valence-electron chi connectivity index (χ0n) is 11.0. The number of aryl methyl sites for hydroxylation is 1. The van der Waals surface area contributed by atoms with E-state index in [0.717, 1.165) is 17.0 Å². The molecular weight excluding hydrogens is 248 g/mol. The summed E-state index contributed by atoms with van der Waals surface area (Å²) in [6, 6.07) is 5.78. The maximum Gasteiger partial charge on any atom is 0.184 e. The van der Waals surface area contributed by atoms with Crippen molar-refractivity contribution in [2.75, 3.05) is 5.84 Å². The van der Waals surface area contributed by atoms with E-state index in [0.29, 0.717) is 10.8 Å². The summed E-state index contributed by atoms with van der Waals surface area (Å²) in [4.78, 5) is 0. The summed E-state index contributed by atoms with van der Waals surface area (Å²) in [7, 11) is 0. The second-order valence-corrected chi connectivity index (χ2v) is 5.86. The van der Waals surface area contributed by atoms with Gasteiger partial charge in [-0.1, -0.05) is 38.4 Å². The van der Waals surface area contributed by atoms with Crippen LogP contribution in [-0.2, 0) is 5.41 Å². The van der Waals surface area contributed by atoms with Gasteiger partial charge >= 0.3 is 0 Å². The number of nitrogens with two attached hydrogens (primary N) is 1. The average Bonchev–Trinajstić information content (AvgIpc) is 2.60. The molecule has 2 rings (SSSR count). The van der Waals surface area contributed by atoms with Crippen LogP contribution in [-0.4, -0.2) is 14.9 Å². The molecule has 18 heavy (non-hydrogen) atoms. The average molecular weight is 265 g/mol. The van der Waals surface area contributed by atoms with Crippen molar-refractivity contribution in [1.29, 1.82) is 0 Å². The molecule has 0 aliphatic heterocycles. The number of rotatable bonds is 1. The van der Waals surface area contributed by atoms with E-state index < -0.39 is 0 Å². The van der Waals surface area contributed by atoms with Crippen molar-refractivity contribution < 1.29 is 0 Å². The summed E-state index contributed by atoms with van der Waals surface area (Å²) in [5.74, 6) is 7.38. The maximum atomic E-state index is 6.22. The zero-order valence-corrected chi connectivity index (χ0v) is 11.8. The fraction of sp³-hybridized carbons (Fsp3) is 0.385. The lowest BCUT2D eigenvalue weighted by atomic mass is 9.96. The Labute approximate surface area is 112 Å². The SMILES string of the molecule is Cc1ccc(-c2nnc(C(C)(C)C)n2N)c(Cl)c1. The van der Waals surface area contributed by atoms with Gasteiger partial charge in [0.1, 0.15) is 0 Å². The highest BCUT2D eigenvalue weighted by molar-refractivity contribution is 6.33. The van der Waals surface area contributed by atoms with E-state index in [1.165, 1.54) is 4.68 Å². The van der Waals surface area contributed by atoms with Gasteiger partial charge in [0, 0.05) is 11.0 Å². The molecule has 0 spiro atoms. The highest BCUT2D eigenvalue weighted by atomic mass is 35.5. The molecule has 0 bridgehead atoms. The quantitative estimate of drug-likeness (QED) is 0.806. The number of benzene rings is 1. The smallest absolute Gasteiger partial charge is 0.184 e. The minimum Gasteiger partial charge on any atom is -0.336 e. The van der Waals surface area contributed by atoms with Crippen molar-refractivity contribution in [1.82, 2.24) is 14.9 Å². The summed E-state index contributed by atoms with van der Waals surface area (Å²) >= 11 is 6.22. The van der Waals surface area contributed by atoms with Crippen molar-refractivity contribution in [2.45, 2.75) is 33.1 Å². The predicted molar refractivity (Wildman–Crippen MR) is 74.1 cm³/mol. The Morgan fingerprint density at radius 1 is 1.22 bits per heavy atom.